The summed E-state index contributed by atoms with van der Waals surface area (Å²) in [6, 6.07) is 0. The summed E-state index contributed by atoms with van der Waals surface area (Å²) >= 11 is 5.56. The van der Waals surface area contributed by atoms with Crippen molar-refractivity contribution in [2.24, 2.45) is 0 Å². The van der Waals surface area contributed by atoms with Crippen LogP contribution in [0.4, 0.5) is 0 Å². The van der Waals surface area contributed by atoms with Gasteiger partial charge in [-0.25, -0.2) is 0 Å². The minimum absolute atomic E-state index is 0.599. The summed E-state index contributed by atoms with van der Waals surface area (Å²) in [5.74, 6) is 1.31. The van der Waals surface area contributed by atoms with Crippen molar-refractivity contribution >= 4 is 11.6 Å². The quantitative estimate of drug-likeness (QED) is 0.729. The van der Waals surface area contributed by atoms with Gasteiger partial charge in [0, 0.05) is 24.5 Å². The molecule has 0 aliphatic heterocycles. The second-order valence-corrected chi connectivity index (χ2v) is 3.21. The SMILES string of the molecule is C=C(Cl)CNCCc1nc(C)no1. The zero-order valence-electron chi connectivity index (χ0n) is 7.51. The Balaban J connectivity index is 2.16. The van der Waals surface area contributed by atoms with Crippen LogP contribution in [0.15, 0.2) is 16.1 Å². The van der Waals surface area contributed by atoms with Gasteiger partial charge in [0.05, 0.1) is 0 Å². The van der Waals surface area contributed by atoms with Crippen molar-refractivity contribution in [1.29, 1.82) is 0 Å². The lowest BCUT2D eigenvalue weighted by atomic mass is 10.4. The summed E-state index contributed by atoms with van der Waals surface area (Å²) in [5, 5.41) is 7.36. The molecule has 0 aliphatic rings. The van der Waals surface area contributed by atoms with Crippen molar-refractivity contribution in [2.75, 3.05) is 13.1 Å². The highest BCUT2D eigenvalue weighted by atomic mass is 35.5. The van der Waals surface area contributed by atoms with Gasteiger partial charge < -0.3 is 9.84 Å². The van der Waals surface area contributed by atoms with Gasteiger partial charge in [-0.05, 0) is 6.92 Å². The number of hydrogen-bond donors (Lipinski definition) is 1. The summed E-state index contributed by atoms with van der Waals surface area (Å²) in [4.78, 5) is 4.05. The average molecular weight is 202 g/mol. The number of nitrogens with one attached hydrogen (secondary N) is 1. The van der Waals surface area contributed by atoms with Crippen LogP contribution in [0.2, 0.25) is 0 Å². The lowest BCUT2D eigenvalue weighted by Crippen LogP contribution is -2.18. The van der Waals surface area contributed by atoms with Crippen molar-refractivity contribution in [3.05, 3.63) is 23.3 Å². The number of rotatable bonds is 5. The molecule has 0 fully saturated rings. The molecule has 0 unspecified atom stereocenters. The van der Waals surface area contributed by atoms with Gasteiger partial charge in [0.1, 0.15) is 0 Å². The molecule has 1 aromatic heterocycles. The molecular weight excluding hydrogens is 190 g/mol. The maximum Gasteiger partial charge on any atom is 0.227 e. The molecule has 0 bridgehead atoms. The van der Waals surface area contributed by atoms with E-state index in [2.05, 4.69) is 22.0 Å². The van der Waals surface area contributed by atoms with Crippen molar-refractivity contribution in [3.8, 4) is 0 Å². The molecule has 0 saturated carbocycles. The van der Waals surface area contributed by atoms with E-state index in [9.17, 15) is 0 Å². The van der Waals surface area contributed by atoms with Crippen LogP contribution in [0.3, 0.4) is 0 Å². The van der Waals surface area contributed by atoms with Crippen molar-refractivity contribution in [1.82, 2.24) is 15.5 Å². The molecule has 0 amide bonds. The van der Waals surface area contributed by atoms with Crippen molar-refractivity contribution in [3.63, 3.8) is 0 Å². The van der Waals surface area contributed by atoms with Gasteiger partial charge >= 0.3 is 0 Å². The molecule has 72 valence electrons. The number of nitrogens with zero attached hydrogens (tertiary/aromatic N) is 2. The monoisotopic (exact) mass is 201 g/mol. The maximum atomic E-state index is 5.56. The Bertz CT molecular complexity index is 285. The lowest BCUT2D eigenvalue weighted by Gasteiger charge is -1.98. The van der Waals surface area contributed by atoms with E-state index in [1.165, 1.54) is 0 Å². The predicted molar refractivity (Wildman–Crippen MR) is 50.6 cm³/mol. The lowest BCUT2D eigenvalue weighted by molar-refractivity contribution is 0.373. The smallest absolute Gasteiger partial charge is 0.227 e. The minimum Gasteiger partial charge on any atom is -0.339 e. The van der Waals surface area contributed by atoms with Crippen molar-refractivity contribution in [2.45, 2.75) is 13.3 Å². The number of hydrogen-bond acceptors (Lipinski definition) is 4. The van der Waals surface area contributed by atoms with Crippen molar-refractivity contribution < 1.29 is 4.52 Å². The van der Waals surface area contributed by atoms with Crippen LogP contribution in [0, 0.1) is 6.92 Å². The van der Waals surface area contributed by atoms with Crippen LogP contribution in [-0.4, -0.2) is 23.2 Å². The van der Waals surface area contributed by atoms with E-state index in [4.69, 9.17) is 16.1 Å². The molecule has 4 nitrogen and oxygen atoms in total. The molecule has 1 rings (SSSR count). The molecule has 0 aromatic carbocycles. The molecule has 1 N–H and O–H groups in total. The molecule has 5 heteroatoms. The summed E-state index contributed by atoms with van der Waals surface area (Å²) < 4.78 is 4.91. The van der Waals surface area contributed by atoms with Gasteiger partial charge in [-0.15, -0.1) is 0 Å². The van der Waals surface area contributed by atoms with Crippen LogP contribution < -0.4 is 5.32 Å². The Morgan fingerprint density at radius 1 is 1.69 bits per heavy atom. The standard InChI is InChI=1S/C8H12ClN3O/c1-6(9)5-10-4-3-8-11-7(2)12-13-8/h10H,1,3-5H2,2H3. The molecule has 0 aliphatic carbocycles. The number of aromatic nitrogens is 2. The van der Waals surface area contributed by atoms with E-state index in [1.807, 2.05) is 0 Å². The van der Waals surface area contributed by atoms with Gasteiger partial charge in [-0.1, -0.05) is 23.3 Å². The van der Waals surface area contributed by atoms with E-state index in [0.717, 1.165) is 6.54 Å². The summed E-state index contributed by atoms with van der Waals surface area (Å²) in [7, 11) is 0. The van der Waals surface area contributed by atoms with Crippen LogP contribution in [0.1, 0.15) is 11.7 Å². The first-order valence-electron chi connectivity index (χ1n) is 4.01. The maximum absolute atomic E-state index is 5.56. The van der Waals surface area contributed by atoms with E-state index in [1.54, 1.807) is 6.92 Å². The number of halogens is 1. The topological polar surface area (TPSA) is 51.0 Å². The first-order valence-corrected chi connectivity index (χ1v) is 4.39. The fourth-order valence-electron chi connectivity index (χ4n) is 0.861. The summed E-state index contributed by atoms with van der Waals surface area (Å²) in [6.45, 7) is 6.71. The van der Waals surface area contributed by atoms with Gasteiger partial charge in [0.25, 0.3) is 0 Å². The van der Waals surface area contributed by atoms with E-state index in [-0.39, 0.29) is 0 Å². The van der Waals surface area contributed by atoms with Gasteiger partial charge in [-0.3, -0.25) is 0 Å². The Morgan fingerprint density at radius 3 is 3.00 bits per heavy atom. The summed E-state index contributed by atoms with van der Waals surface area (Å²) in [6.07, 6.45) is 0.713. The average Bonchev–Trinajstić information content (AvgIpc) is 2.45. The van der Waals surface area contributed by atoms with Crippen LogP contribution in [0.5, 0.6) is 0 Å². The molecule has 0 atom stereocenters. The predicted octanol–water partition coefficient (Wildman–Crippen LogP) is 1.26. The Kier molecular flexibility index (Phi) is 3.92. The van der Waals surface area contributed by atoms with Gasteiger partial charge in [-0.2, -0.15) is 4.98 Å². The zero-order chi connectivity index (χ0) is 9.68. The summed E-state index contributed by atoms with van der Waals surface area (Å²) in [5.41, 5.74) is 0. The molecule has 1 aromatic rings. The zero-order valence-corrected chi connectivity index (χ0v) is 8.26. The molecule has 1 heterocycles. The molecular formula is C8H12ClN3O. The normalized spacial score (nSPS) is 10.3. The van der Waals surface area contributed by atoms with E-state index >= 15 is 0 Å². The second-order valence-electron chi connectivity index (χ2n) is 2.68. The highest BCUT2D eigenvalue weighted by Gasteiger charge is 2.00. The highest BCUT2D eigenvalue weighted by Crippen LogP contribution is 1.96. The number of aryl methyl sites for hydroxylation is 1. The van der Waals surface area contributed by atoms with E-state index in [0.29, 0.717) is 29.7 Å². The second kappa shape index (κ2) is 4.99. The Morgan fingerprint density at radius 2 is 2.46 bits per heavy atom. The van der Waals surface area contributed by atoms with E-state index < -0.39 is 0 Å². The fourth-order valence-corrected chi connectivity index (χ4v) is 0.955. The van der Waals surface area contributed by atoms with Crippen LogP contribution >= 0.6 is 11.6 Å². The molecule has 0 radical (unpaired) electrons. The third kappa shape index (κ3) is 4.05. The van der Waals surface area contributed by atoms with Gasteiger partial charge in [0.2, 0.25) is 5.89 Å². The largest absolute Gasteiger partial charge is 0.339 e. The highest BCUT2D eigenvalue weighted by molar-refractivity contribution is 6.29. The first-order chi connectivity index (χ1) is 6.18. The molecule has 0 saturated heterocycles. The molecule has 13 heavy (non-hydrogen) atoms. The van der Waals surface area contributed by atoms with Gasteiger partial charge in [0.15, 0.2) is 5.82 Å². The first kappa shape index (κ1) is 10.2. The Labute approximate surface area is 82.0 Å². The van der Waals surface area contributed by atoms with Crippen LogP contribution in [-0.2, 0) is 6.42 Å². The fraction of sp³-hybridized carbons (Fsp3) is 0.500. The molecule has 0 spiro atoms. The third-order valence-corrected chi connectivity index (χ3v) is 1.54. The Hall–Kier alpha value is -0.870. The minimum atomic E-state index is 0.599. The van der Waals surface area contributed by atoms with Crippen LogP contribution in [0.25, 0.3) is 0 Å². The third-order valence-electron chi connectivity index (χ3n) is 1.40.